The van der Waals surface area contributed by atoms with Crippen LogP contribution < -0.4 is 5.32 Å². The summed E-state index contributed by atoms with van der Waals surface area (Å²) in [4.78, 5) is 0. The first-order chi connectivity index (χ1) is 9.60. The summed E-state index contributed by atoms with van der Waals surface area (Å²) >= 11 is 6.46. The van der Waals surface area contributed by atoms with Crippen LogP contribution >= 0.6 is 11.6 Å². The predicted octanol–water partition coefficient (Wildman–Crippen LogP) is 3.52. The number of aromatic nitrogens is 2. The van der Waals surface area contributed by atoms with Gasteiger partial charge in [-0.1, -0.05) is 18.5 Å². The van der Waals surface area contributed by atoms with E-state index in [2.05, 4.69) is 24.3 Å². The first-order valence-electron chi connectivity index (χ1n) is 7.08. The minimum atomic E-state index is 0.105. The van der Waals surface area contributed by atoms with Crippen LogP contribution in [0.15, 0.2) is 16.5 Å². The lowest BCUT2D eigenvalue weighted by atomic mass is 10.1. The molecule has 2 aromatic heterocycles. The van der Waals surface area contributed by atoms with E-state index in [0.29, 0.717) is 0 Å². The fourth-order valence-corrected chi connectivity index (χ4v) is 2.74. The summed E-state index contributed by atoms with van der Waals surface area (Å²) in [6.07, 6.45) is 1.62. The number of furan rings is 1. The lowest BCUT2D eigenvalue weighted by Crippen LogP contribution is -2.20. The maximum atomic E-state index is 6.46. The molecular weight excluding hydrogens is 274 g/mol. The molecule has 4 nitrogen and oxygen atoms in total. The van der Waals surface area contributed by atoms with Gasteiger partial charge in [0.1, 0.15) is 11.5 Å². The number of nitrogens with zero attached hydrogens (tertiary/aromatic N) is 2. The van der Waals surface area contributed by atoms with Crippen molar-refractivity contribution in [1.29, 1.82) is 0 Å². The minimum absolute atomic E-state index is 0.105. The molecule has 0 bridgehead atoms. The Morgan fingerprint density at radius 2 is 2.15 bits per heavy atom. The van der Waals surface area contributed by atoms with Crippen LogP contribution in [0.25, 0.3) is 0 Å². The van der Waals surface area contributed by atoms with Crippen molar-refractivity contribution in [3.8, 4) is 0 Å². The van der Waals surface area contributed by atoms with Crippen LogP contribution in [0.1, 0.15) is 42.8 Å². The minimum Gasteiger partial charge on any atom is -0.465 e. The Morgan fingerprint density at radius 1 is 1.40 bits per heavy atom. The molecule has 2 heterocycles. The number of aryl methyl sites for hydroxylation is 3. The van der Waals surface area contributed by atoms with E-state index < -0.39 is 0 Å². The van der Waals surface area contributed by atoms with Crippen LogP contribution in [0.3, 0.4) is 0 Å². The number of hydrogen-bond donors (Lipinski definition) is 1. The Morgan fingerprint density at radius 3 is 2.65 bits per heavy atom. The molecule has 0 aliphatic rings. The molecule has 0 saturated heterocycles. The molecule has 1 unspecified atom stereocenters. The van der Waals surface area contributed by atoms with Crippen molar-refractivity contribution in [3.05, 3.63) is 40.1 Å². The largest absolute Gasteiger partial charge is 0.465 e. The molecule has 20 heavy (non-hydrogen) atoms. The molecular formula is C15H22ClN3O. The number of nitrogens with one attached hydrogen (secondary N) is 1. The van der Waals surface area contributed by atoms with Gasteiger partial charge >= 0.3 is 0 Å². The molecule has 110 valence electrons. The Hall–Kier alpha value is -1.26. The summed E-state index contributed by atoms with van der Waals surface area (Å²) in [6, 6.07) is 4.10. The molecule has 0 aliphatic heterocycles. The van der Waals surface area contributed by atoms with E-state index in [1.54, 1.807) is 0 Å². The van der Waals surface area contributed by atoms with Gasteiger partial charge in [0, 0.05) is 13.0 Å². The number of halogens is 1. The van der Waals surface area contributed by atoms with Crippen molar-refractivity contribution in [2.45, 2.75) is 46.2 Å². The molecule has 0 amide bonds. The highest BCUT2D eigenvalue weighted by Crippen LogP contribution is 2.27. The summed E-state index contributed by atoms with van der Waals surface area (Å²) in [7, 11) is 1.93. The zero-order valence-corrected chi connectivity index (χ0v) is 13.3. The third-order valence-electron chi connectivity index (χ3n) is 3.54. The average Bonchev–Trinajstić information content (AvgIpc) is 3.00. The van der Waals surface area contributed by atoms with E-state index in [0.717, 1.165) is 47.3 Å². The zero-order valence-electron chi connectivity index (χ0n) is 12.5. The molecule has 5 heteroatoms. The summed E-state index contributed by atoms with van der Waals surface area (Å²) in [5, 5.41) is 8.64. The van der Waals surface area contributed by atoms with Gasteiger partial charge < -0.3 is 9.73 Å². The molecule has 1 N–H and O–H groups in total. The second-order valence-corrected chi connectivity index (χ2v) is 5.25. The molecule has 2 aromatic rings. The highest BCUT2D eigenvalue weighted by molar-refractivity contribution is 6.31. The van der Waals surface area contributed by atoms with Crippen LogP contribution in [0.5, 0.6) is 0 Å². The number of rotatable bonds is 6. The van der Waals surface area contributed by atoms with E-state index >= 15 is 0 Å². The lowest BCUT2D eigenvalue weighted by Gasteiger charge is -2.15. The third kappa shape index (κ3) is 2.91. The first-order valence-corrected chi connectivity index (χ1v) is 7.46. The van der Waals surface area contributed by atoms with Crippen LogP contribution in [0.2, 0.25) is 5.02 Å². The molecule has 0 aromatic carbocycles. The van der Waals surface area contributed by atoms with Crippen LogP contribution in [-0.4, -0.2) is 16.8 Å². The monoisotopic (exact) mass is 295 g/mol. The van der Waals surface area contributed by atoms with Gasteiger partial charge in [-0.25, -0.2) is 0 Å². The van der Waals surface area contributed by atoms with Crippen molar-refractivity contribution in [3.63, 3.8) is 0 Å². The van der Waals surface area contributed by atoms with E-state index in [1.165, 1.54) is 0 Å². The molecule has 0 fully saturated rings. The SMILES string of the molecule is CCc1nn(CC)c(CC(NC)c2ccc(C)o2)c1Cl. The van der Waals surface area contributed by atoms with Crippen LogP contribution in [0, 0.1) is 6.92 Å². The van der Waals surface area contributed by atoms with Gasteiger partial charge in [-0.05, 0) is 39.4 Å². The third-order valence-corrected chi connectivity index (χ3v) is 3.98. The van der Waals surface area contributed by atoms with Gasteiger partial charge in [-0.3, -0.25) is 4.68 Å². The quantitative estimate of drug-likeness (QED) is 0.886. The Labute approximate surface area is 125 Å². The van der Waals surface area contributed by atoms with Crippen molar-refractivity contribution in [1.82, 2.24) is 15.1 Å². The smallest absolute Gasteiger partial charge is 0.121 e. The topological polar surface area (TPSA) is 43.0 Å². The summed E-state index contributed by atoms with van der Waals surface area (Å²) in [5.74, 6) is 1.85. The summed E-state index contributed by atoms with van der Waals surface area (Å²) in [5.41, 5.74) is 2.04. The molecule has 0 spiro atoms. The number of likely N-dealkylation sites (N-methyl/N-ethyl adjacent to an activating group) is 1. The maximum Gasteiger partial charge on any atom is 0.121 e. The second-order valence-electron chi connectivity index (χ2n) is 4.87. The van der Waals surface area contributed by atoms with Gasteiger partial charge in [-0.2, -0.15) is 5.10 Å². The van der Waals surface area contributed by atoms with Gasteiger partial charge in [-0.15, -0.1) is 0 Å². The Balaban J connectivity index is 2.29. The first kappa shape index (κ1) is 15.1. The van der Waals surface area contributed by atoms with Gasteiger partial charge in [0.15, 0.2) is 0 Å². The lowest BCUT2D eigenvalue weighted by molar-refractivity contribution is 0.408. The van der Waals surface area contributed by atoms with Gasteiger partial charge in [0.25, 0.3) is 0 Å². The molecule has 0 aliphatic carbocycles. The Bertz CT molecular complexity index is 574. The maximum absolute atomic E-state index is 6.46. The zero-order chi connectivity index (χ0) is 14.7. The van der Waals surface area contributed by atoms with Crippen molar-refractivity contribution in [2.75, 3.05) is 7.05 Å². The predicted molar refractivity (Wildman–Crippen MR) is 81.2 cm³/mol. The molecule has 0 saturated carbocycles. The average molecular weight is 296 g/mol. The van der Waals surface area contributed by atoms with E-state index in [1.807, 2.05) is 30.8 Å². The molecule has 0 radical (unpaired) electrons. The normalized spacial score (nSPS) is 12.8. The van der Waals surface area contributed by atoms with Crippen LogP contribution in [-0.2, 0) is 19.4 Å². The van der Waals surface area contributed by atoms with Crippen LogP contribution in [0.4, 0.5) is 0 Å². The van der Waals surface area contributed by atoms with Crippen molar-refractivity contribution >= 4 is 11.6 Å². The highest BCUT2D eigenvalue weighted by atomic mass is 35.5. The highest BCUT2D eigenvalue weighted by Gasteiger charge is 2.20. The van der Waals surface area contributed by atoms with Crippen molar-refractivity contribution in [2.24, 2.45) is 0 Å². The Kier molecular flexibility index (Phi) is 4.89. The fraction of sp³-hybridized carbons (Fsp3) is 0.533. The van der Waals surface area contributed by atoms with Gasteiger partial charge in [0.05, 0.1) is 22.5 Å². The van der Waals surface area contributed by atoms with Crippen molar-refractivity contribution < 1.29 is 4.42 Å². The summed E-state index contributed by atoms with van der Waals surface area (Å²) in [6.45, 7) is 6.93. The van der Waals surface area contributed by atoms with E-state index in [-0.39, 0.29) is 6.04 Å². The standard InChI is InChI=1S/C15H22ClN3O/c1-5-11-15(16)13(19(6-2)18-11)9-12(17-4)14-8-7-10(3)20-14/h7-8,12,17H,5-6,9H2,1-4H3. The van der Waals surface area contributed by atoms with Gasteiger partial charge in [0.2, 0.25) is 0 Å². The molecule has 1 atom stereocenters. The summed E-state index contributed by atoms with van der Waals surface area (Å²) < 4.78 is 7.71. The number of hydrogen-bond acceptors (Lipinski definition) is 3. The van der Waals surface area contributed by atoms with E-state index in [9.17, 15) is 0 Å². The molecule has 2 rings (SSSR count). The fourth-order valence-electron chi connectivity index (χ4n) is 2.39. The second kappa shape index (κ2) is 6.46. The van der Waals surface area contributed by atoms with E-state index in [4.69, 9.17) is 16.0 Å².